The van der Waals surface area contributed by atoms with E-state index in [0.717, 1.165) is 70.4 Å². The van der Waals surface area contributed by atoms with E-state index in [4.69, 9.17) is 4.42 Å². The van der Waals surface area contributed by atoms with Crippen molar-refractivity contribution in [3.05, 3.63) is 216 Å². The Hall–Kier alpha value is -7.36. The summed E-state index contributed by atoms with van der Waals surface area (Å²) in [5.41, 5.74) is 20.3. The van der Waals surface area contributed by atoms with Crippen LogP contribution in [0.4, 0.5) is 34.1 Å². The van der Waals surface area contributed by atoms with E-state index in [2.05, 4.69) is 204 Å². The standard InChI is InChI=1S/C60H48N2O/c1-4-17-41(18-5-1)42-31-33-46(34-32-42)62(60-54-28-14-12-26-52(54)59(44-20-6-2-7-21-44)53-27-13-15-29-55(53)60)48-36-38-51-50-37-35-47(39-57(50)63-58(51)40-48)61(45-23-8-3-9-24-45)56-30-16-22-43-19-10-11-25-49(43)56/h1-11,16-25,30-40H,12-15,26-29H2. The molecule has 0 aliphatic heterocycles. The fourth-order valence-corrected chi connectivity index (χ4v) is 10.8. The molecule has 0 saturated heterocycles. The normalized spacial score (nSPS) is 13.5. The molecule has 0 atom stereocenters. The summed E-state index contributed by atoms with van der Waals surface area (Å²) < 4.78 is 6.99. The lowest BCUT2D eigenvalue weighted by molar-refractivity contribution is 0.660. The molecule has 0 unspecified atom stereocenters. The van der Waals surface area contributed by atoms with E-state index in [-0.39, 0.29) is 0 Å². The predicted molar refractivity (Wildman–Crippen MR) is 265 cm³/mol. The fraction of sp³-hybridized carbons (Fsp3) is 0.133. The Labute approximate surface area is 369 Å². The summed E-state index contributed by atoms with van der Waals surface area (Å²) in [5, 5.41) is 4.66. The van der Waals surface area contributed by atoms with Crippen LogP contribution in [0.5, 0.6) is 0 Å². The lowest BCUT2D eigenvalue weighted by atomic mass is 9.75. The molecule has 3 nitrogen and oxygen atoms in total. The Morgan fingerprint density at radius 3 is 1.44 bits per heavy atom. The first-order valence-corrected chi connectivity index (χ1v) is 22.8. The van der Waals surface area contributed by atoms with Crippen LogP contribution in [-0.2, 0) is 25.7 Å². The zero-order valence-electron chi connectivity index (χ0n) is 35.4. The highest BCUT2D eigenvalue weighted by molar-refractivity contribution is 6.08. The molecule has 63 heavy (non-hydrogen) atoms. The van der Waals surface area contributed by atoms with Gasteiger partial charge in [-0.25, -0.2) is 0 Å². The summed E-state index contributed by atoms with van der Waals surface area (Å²) in [6.07, 6.45) is 9.27. The number of para-hydroxylation sites is 1. The third-order valence-electron chi connectivity index (χ3n) is 13.6. The molecule has 0 amide bonds. The molecule has 1 aromatic heterocycles. The number of anilines is 6. The first-order valence-electron chi connectivity index (χ1n) is 22.8. The number of fused-ring (bicyclic) bond motifs is 6. The molecule has 0 bridgehead atoms. The molecule has 0 N–H and O–H groups in total. The van der Waals surface area contributed by atoms with Gasteiger partial charge in [0.2, 0.25) is 0 Å². The van der Waals surface area contributed by atoms with Gasteiger partial charge in [0.25, 0.3) is 0 Å². The van der Waals surface area contributed by atoms with Gasteiger partial charge in [0, 0.05) is 51.0 Å². The minimum Gasteiger partial charge on any atom is -0.456 e. The third kappa shape index (κ3) is 6.58. The lowest BCUT2D eigenvalue weighted by Crippen LogP contribution is -2.21. The SMILES string of the molecule is c1ccc(-c2ccc(N(c3ccc4c(c3)oc3cc(N(c5ccccc5)c5cccc6ccccc56)ccc34)c3c4c(c(-c5ccccc5)c5c3CCCC5)CCCC4)cc2)cc1. The van der Waals surface area contributed by atoms with Gasteiger partial charge in [0.15, 0.2) is 0 Å². The summed E-state index contributed by atoms with van der Waals surface area (Å²) in [6.45, 7) is 0. The van der Waals surface area contributed by atoms with Crippen LogP contribution < -0.4 is 9.80 Å². The van der Waals surface area contributed by atoms with Crippen LogP contribution in [0, 0.1) is 0 Å². The van der Waals surface area contributed by atoms with Gasteiger partial charge in [0.1, 0.15) is 11.2 Å². The summed E-state index contributed by atoms with van der Waals surface area (Å²) in [7, 11) is 0. The quantitative estimate of drug-likeness (QED) is 0.152. The molecule has 2 aliphatic rings. The van der Waals surface area contributed by atoms with Gasteiger partial charge in [-0.05, 0) is 156 Å². The summed E-state index contributed by atoms with van der Waals surface area (Å²) >= 11 is 0. The molecule has 0 fully saturated rings. The van der Waals surface area contributed by atoms with E-state index in [1.807, 2.05) is 0 Å². The van der Waals surface area contributed by atoms with Crippen molar-refractivity contribution in [2.45, 2.75) is 51.4 Å². The van der Waals surface area contributed by atoms with Crippen LogP contribution >= 0.6 is 0 Å². The van der Waals surface area contributed by atoms with Crippen molar-refractivity contribution in [2.24, 2.45) is 0 Å². The Bertz CT molecular complexity index is 3240. The maximum Gasteiger partial charge on any atom is 0.137 e. The van der Waals surface area contributed by atoms with Gasteiger partial charge >= 0.3 is 0 Å². The van der Waals surface area contributed by atoms with Crippen molar-refractivity contribution in [2.75, 3.05) is 9.80 Å². The van der Waals surface area contributed by atoms with Gasteiger partial charge < -0.3 is 14.2 Å². The average molecular weight is 813 g/mol. The minimum atomic E-state index is 0.876. The Morgan fingerprint density at radius 2 is 0.810 bits per heavy atom. The molecular weight excluding hydrogens is 765 g/mol. The molecule has 0 spiro atoms. The van der Waals surface area contributed by atoms with Crippen molar-refractivity contribution >= 4 is 66.8 Å². The summed E-state index contributed by atoms with van der Waals surface area (Å²) in [5.74, 6) is 0. The van der Waals surface area contributed by atoms with E-state index >= 15 is 0 Å². The predicted octanol–water partition coefficient (Wildman–Crippen LogP) is 16.8. The Kier molecular flexibility index (Phi) is 9.40. The van der Waals surface area contributed by atoms with Gasteiger partial charge in [-0.15, -0.1) is 0 Å². The van der Waals surface area contributed by atoms with Crippen LogP contribution in [0.25, 0.3) is 55.0 Å². The highest BCUT2D eigenvalue weighted by Gasteiger charge is 2.31. The number of benzene rings is 9. The molecule has 2 aliphatic carbocycles. The van der Waals surface area contributed by atoms with Crippen LogP contribution in [0.3, 0.4) is 0 Å². The smallest absolute Gasteiger partial charge is 0.137 e. The first-order chi connectivity index (χ1) is 31.3. The average Bonchev–Trinajstić information content (AvgIpc) is 3.72. The topological polar surface area (TPSA) is 19.6 Å². The first kappa shape index (κ1) is 37.4. The highest BCUT2D eigenvalue weighted by atomic mass is 16.3. The zero-order chi connectivity index (χ0) is 41.7. The molecule has 12 rings (SSSR count). The molecule has 3 heteroatoms. The van der Waals surface area contributed by atoms with Gasteiger partial charge in [-0.1, -0.05) is 127 Å². The van der Waals surface area contributed by atoms with E-state index in [0.29, 0.717) is 0 Å². The largest absolute Gasteiger partial charge is 0.456 e. The van der Waals surface area contributed by atoms with Gasteiger partial charge in [-0.2, -0.15) is 0 Å². The lowest BCUT2D eigenvalue weighted by Gasteiger charge is -2.37. The third-order valence-corrected chi connectivity index (χ3v) is 13.6. The van der Waals surface area contributed by atoms with E-state index in [9.17, 15) is 0 Å². The van der Waals surface area contributed by atoms with Crippen molar-refractivity contribution in [1.82, 2.24) is 0 Å². The van der Waals surface area contributed by atoms with Crippen molar-refractivity contribution in [3.63, 3.8) is 0 Å². The zero-order valence-corrected chi connectivity index (χ0v) is 35.4. The number of hydrogen-bond acceptors (Lipinski definition) is 3. The van der Waals surface area contributed by atoms with Crippen molar-refractivity contribution in [3.8, 4) is 22.3 Å². The maximum atomic E-state index is 6.99. The Balaban J connectivity index is 1.04. The van der Waals surface area contributed by atoms with Crippen LogP contribution in [-0.4, -0.2) is 0 Å². The Morgan fingerprint density at radius 1 is 0.333 bits per heavy atom. The monoisotopic (exact) mass is 812 g/mol. The van der Waals surface area contributed by atoms with Gasteiger partial charge in [0.05, 0.1) is 11.4 Å². The molecule has 304 valence electrons. The second-order valence-electron chi connectivity index (χ2n) is 17.3. The van der Waals surface area contributed by atoms with Crippen LogP contribution in [0.2, 0.25) is 0 Å². The van der Waals surface area contributed by atoms with Gasteiger partial charge in [-0.3, -0.25) is 0 Å². The molecule has 9 aromatic carbocycles. The van der Waals surface area contributed by atoms with Crippen molar-refractivity contribution in [1.29, 1.82) is 0 Å². The molecule has 10 aromatic rings. The fourth-order valence-electron chi connectivity index (χ4n) is 10.8. The number of rotatable bonds is 8. The molecule has 1 heterocycles. The summed E-state index contributed by atoms with van der Waals surface area (Å²) in [4.78, 5) is 4.94. The van der Waals surface area contributed by atoms with Crippen LogP contribution in [0.1, 0.15) is 47.9 Å². The molecular formula is C60H48N2O. The molecule has 0 radical (unpaired) electrons. The number of hydrogen-bond donors (Lipinski definition) is 0. The minimum absolute atomic E-state index is 0.876. The second-order valence-corrected chi connectivity index (χ2v) is 17.3. The van der Waals surface area contributed by atoms with E-state index < -0.39 is 0 Å². The number of nitrogens with zero attached hydrogens (tertiary/aromatic N) is 2. The highest BCUT2D eigenvalue weighted by Crippen LogP contribution is 2.51. The van der Waals surface area contributed by atoms with Crippen LogP contribution in [0.15, 0.2) is 199 Å². The molecule has 0 saturated carbocycles. The van der Waals surface area contributed by atoms with Crippen molar-refractivity contribution < 1.29 is 4.42 Å². The number of furan rings is 1. The maximum absolute atomic E-state index is 6.99. The van der Waals surface area contributed by atoms with E-state index in [1.54, 1.807) is 11.1 Å². The summed E-state index contributed by atoms with van der Waals surface area (Å²) in [6, 6.07) is 70.7. The second kappa shape index (κ2) is 15.8. The van der Waals surface area contributed by atoms with E-state index in [1.165, 1.54) is 81.2 Å².